The highest BCUT2D eigenvalue weighted by Crippen LogP contribution is 2.34. The van der Waals surface area contributed by atoms with Gasteiger partial charge in [0.1, 0.15) is 13.6 Å². The lowest BCUT2D eigenvalue weighted by atomic mass is 10.2. The van der Waals surface area contributed by atoms with Crippen molar-refractivity contribution >= 4 is 70.2 Å². The summed E-state index contributed by atoms with van der Waals surface area (Å²) in [5.74, 6) is 0.677. The van der Waals surface area contributed by atoms with Gasteiger partial charge in [-0.25, -0.2) is 0 Å². The van der Waals surface area contributed by atoms with E-state index in [0.717, 1.165) is 42.7 Å². The zero-order chi connectivity index (χ0) is 22.3. The molecule has 0 aliphatic rings. The zero-order valence-corrected chi connectivity index (χ0v) is 20.5. The van der Waals surface area contributed by atoms with Gasteiger partial charge >= 0.3 is 0 Å². The predicted molar refractivity (Wildman–Crippen MR) is 135 cm³/mol. The van der Waals surface area contributed by atoms with Gasteiger partial charge < -0.3 is 9.73 Å². The minimum absolute atomic E-state index is 0.400. The second kappa shape index (κ2) is 8.24. The van der Waals surface area contributed by atoms with Crippen molar-refractivity contribution in [1.82, 2.24) is 15.2 Å². The van der Waals surface area contributed by atoms with Crippen LogP contribution in [0.5, 0.6) is 0 Å². The fourth-order valence-corrected chi connectivity index (χ4v) is 5.47. The number of furan rings is 1. The average molecular weight is 477 g/mol. The molecule has 0 saturated heterocycles. The van der Waals surface area contributed by atoms with Gasteiger partial charge in [-0.3, -0.25) is 4.98 Å². The molecule has 8 heteroatoms. The molecule has 5 rings (SSSR count). The largest absolute Gasteiger partial charge is 0.463 e. The number of hydrogen-bond donors (Lipinski definition) is 1. The lowest BCUT2D eigenvalue weighted by molar-refractivity contribution is 0.639. The number of rotatable bonds is 5. The molecule has 0 aliphatic carbocycles. The van der Waals surface area contributed by atoms with E-state index in [9.17, 15) is 0 Å². The lowest BCUT2D eigenvalue weighted by Gasteiger charge is -2.11. The molecule has 0 atom stereocenters. The Kier molecular flexibility index (Phi) is 5.41. The van der Waals surface area contributed by atoms with E-state index in [2.05, 4.69) is 58.3 Å². The summed E-state index contributed by atoms with van der Waals surface area (Å²) in [6.45, 7) is 6.83. The summed E-state index contributed by atoms with van der Waals surface area (Å²) in [6.07, 6.45) is 1.84. The average Bonchev–Trinajstić information content (AvgIpc) is 3.23. The van der Waals surface area contributed by atoms with Crippen molar-refractivity contribution in [3.63, 3.8) is 0 Å². The maximum atomic E-state index is 6.23. The Balaban J connectivity index is 1.39. The molecule has 2 aromatic carbocycles. The van der Waals surface area contributed by atoms with Crippen LogP contribution in [0.4, 0.5) is 11.5 Å². The monoisotopic (exact) mass is 476 g/mol. The van der Waals surface area contributed by atoms with E-state index in [1.165, 1.54) is 0 Å². The lowest BCUT2D eigenvalue weighted by Crippen LogP contribution is -2.36. The number of hydrogen-bond acceptors (Lipinski definition) is 6. The maximum absolute atomic E-state index is 6.23. The minimum atomic E-state index is -1.54. The molecule has 32 heavy (non-hydrogen) atoms. The highest BCUT2D eigenvalue weighted by atomic mass is 35.5. The molecule has 0 bridgehead atoms. The third-order valence-electron chi connectivity index (χ3n) is 5.10. The first-order valence-electron chi connectivity index (χ1n) is 10.2. The number of benzene rings is 2. The molecule has 0 unspecified atom stereocenters. The van der Waals surface area contributed by atoms with Crippen LogP contribution in [0.2, 0.25) is 24.8 Å². The third kappa shape index (κ3) is 4.11. The predicted octanol–water partition coefficient (Wildman–Crippen LogP) is 6.86. The standard InChI is InChI=1S/C24H21ClN4OSSi/c1-32(2,3)21-14-19-22(30-21)20(12-13-26-19)31-16-10-8-15(9-11-16)27-24-18-7-5-4-6-17(18)23(25)28-29-24/h4-14H,1-3H3,(H,27,29). The van der Waals surface area contributed by atoms with Crippen LogP contribution in [0, 0.1) is 0 Å². The van der Waals surface area contributed by atoms with Crippen LogP contribution in [-0.4, -0.2) is 23.3 Å². The Bertz CT molecular complexity index is 1430. The first-order valence-corrected chi connectivity index (χ1v) is 14.9. The second-order valence-corrected chi connectivity index (χ2v) is 15.0. The van der Waals surface area contributed by atoms with Gasteiger partial charge in [0, 0.05) is 33.6 Å². The summed E-state index contributed by atoms with van der Waals surface area (Å²) >= 11 is 7.85. The molecule has 0 aliphatic heterocycles. The number of nitrogens with one attached hydrogen (secondary N) is 1. The van der Waals surface area contributed by atoms with Crippen LogP contribution in [-0.2, 0) is 0 Å². The van der Waals surface area contributed by atoms with Gasteiger partial charge in [0.25, 0.3) is 0 Å². The number of nitrogens with zero attached hydrogens (tertiary/aromatic N) is 3. The molecule has 3 aromatic heterocycles. The molecule has 5 nitrogen and oxygen atoms in total. The van der Waals surface area contributed by atoms with Crippen LogP contribution in [0.3, 0.4) is 0 Å². The van der Waals surface area contributed by atoms with Crippen molar-refractivity contribution in [3.05, 3.63) is 72.0 Å². The summed E-state index contributed by atoms with van der Waals surface area (Å²) in [7, 11) is -1.54. The van der Waals surface area contributed by atoms with E-state index >= 15 is 0 Å². The summed E-state index contributed by atoms with van der Waals surface area (Å²) < 4.78 is 6.23. The molecule has 160 valence electrons. The van der Waals surface area contributed by atoms with Gasteiger partial charge in [-0.05, 0) is 30.3 Å². The third-order valence-corrected chi connectivity index (χ3v) is 8.16. The molecule has 0 spiro atoms. The number of aromatic nitrogens is 3. The molecule has 3 heterocycles. The quantitative estimate of drug-likeness (QED) is 0.279. The Morgan fingerprint density at radius 3 is 2.44 bits per heavy atom. The number of pyridine rings is 1. The van der Waals surface area contributed by atoms with Crippen LogP contribution >= 0.6 is 23.4 Å². The normalized spacial score (nSPS) is 11.9. The van der Waals surface area contributed by atoms with Gasteiger partial charge in [-0.1, -0.05) is 67.3 Å². The van der Waals surface area contributed by atoms with Crippen LogP contribution < -0.4 is 10.7 Å². The highest BCUT2D eigenvalue weighted by molar-refractivity contribution is 7.99. The first kappa shape index (κ1) is 21.0. The fraction of sp³-hybridized carbons (Fsp3) is 0.125. The van der Waals surface area contributed by atoms with Crippen molar-refractivity contribution < 1.29 is 4.42 Å². The molecule has 0 radical (unpaired) electrons. The van der Waals surface area contributed by atoms with E-state index in [1.54, 1.807) is 11.8 Å². The van der Waals surface area contributed by atoms with E-state index in [0.29, 0.717) is 11.0 Å². The van der Waals surface area contributed by atoms with Gasteiger partial charge in [-0.2, -0.15) is 0 Å². The van der Waals surface area contributed by atoms with Gasteiger partial charge in [0.2, 0.25) is 0 Å². The van der Waals surface area contributed by atoms with Crippen molar-refractivity contribution in [2.45, 2.75) is 29.4 Å². The van der Waals surface area contributed by atoms with Crippen molar-refractivity contribution in [1.29, 1.82) is 0 Å². The van der Waals surface area contributed by atoms with Gasteiger partial charge in [0.05, 0.1) is 10.3 Å². The van der Waals surface area contributed by atoms with E-state index in [-0.39, 0.29) is 0 Å². The fourth-order valence-electron chi connectivity index (χ4n) is 3.40. The summed E-state index contributed by atoms with van der Waals surface area (Å²) in [4.78, 5) is 6.67. The molecule has 5 aromatic rings. The van der Waals surface area contributed by atoms with Crippen LogP contribution in [0.1, 0.15) is 0 Å². The molecule has 1 N–H and O–H groups in total. The van der Waals surface area contributed by atoms with E-state index in [4.69, 9.17) is 16.0 Å². The summed E-state index contributed by atoms with van der Waals surface area (Å²) in [5.41, 5.74) is 2.70. The van der Waals surface area contributed by atoms with Crippen molar-refractivity contribution in [3.8, 4) is 0 Å². The molecule has 0 amide bonds. The first-order chi connectivity index (χ1) is 15.4. The molecular formula is C24H21ClN4OSSi. The van der Waals surface area contributed by atoms with Crippen LogP contribution in [0.25, 0.3) is 21.9 Å². The molecule has 0 fully saturated rings. The number of fused-ring (bicyclic) bond motifs is 2. The van der Waals surface area contributed by atoms with Gasteiger partial charge in [0.15, 0.2) is 16.6 Å². The SMILES string of the molecule is C[Si](C)(C)c1cc2nccc(Sc3ccc(Nc4nnc(Cl)c5ccccc45)cc3)c2o1. The number of anilines is 2. The smallest absolute Gasteiger partial charge is 0.165 e. The van der Waals surface area contributed by atoms with Crippen molar-refractivity contribution in [2.75, 3.05) is 5.32 Å². The van der Waals surface area contributed by atoms with E-state index in [1.807, 2.05) is 48.7 Å². The Morgan fingerprint density at radius 2 is 1.69 bits per heavy atom. The van der Waals surface area contributed by atoms with Gasteiger partial charge in [-0.15, -0.1) is 10.2 Å². The number of halogens is 1. The Labute approximate surface area is 196 Å². The summed E-state index contributed by atoms with van der Waals surface area (Å²) in [5, 5.41) is 14.9. The highest BCUT2D eigenvalue weighted by Gasteiger charge is 2.23. The summed E-state index contributed by atoms with van der Waals surface area (Å²) in [6, 6.07) is 20.1. The van der Waals surface area contributed by atoms with Crippen molar-refractivity contribution in [2.24, 2.45) is 0 Å². The Hall–Kier alpha value is -2.87. The molecular weight excluding hydrogens is 456 g/mol. The topological polar surface area (TPSA) is 63.8 Å². The minimum Gasteiger partial charge on any atom is -0.463 e. The zero-order valence-electron chi connectivity index (χ0n) is 17.9. The molecule has 0 saturated carbocycles. The second-order valence-electron chi connectivity index (χ2n) is 8.52. The maximum Gasteiger partial charge on any atom is 0.165 e. The van der Waals surface area contributed by atoms with Crippen LogP contribution in [0.15, 0.2) is 81.1 Å². The Morgan fingerprint density at radius 1 is 0.938 bits per heavy atom. The van der Waals surface area contributed by atoms with E-state index < -0.39 is 8.07 Å².